The third-order valence-electron chi connectivity index (χ3n) is 2.48. The van der Waals surface area contributed by atoms with Gasteiger partial charge in [0.05, 0.1) is 13.2 Å². The van der Waals surface area contributed by atoms with Crippen molar-refractivity contribution in [2.24, 2.45) is 0 Å². The van der Waals surface area contributed by atoms with E-state index in [4.69, 9.17) is 4.74 Å². The first kappa shape index (κ1) is 15.7. The molecule has 0 fully saturated rings. The molecule has 0 spiro atoms. The zero-order valence-corrected chi connectivity index (χ0v) is 12.5. The molecule has 0 aromatic heterocycles. The Bertz CT molecular complexity index is 463. The van der Waals surface area contributed by atoms with E-state index in [-0.39, 0.29) is 18.4 Å². The van der Waals surface area contributed by atoms with Crippen LogP contribution in [0.15, 0.2) is 22.7 Å². The summed E-state index contributed by atoms with van der Waals surface area (Å²) in [4.78, 5) is 23.3. The molecule has 0 atom stereocenters. The number of methoxy groups -OCH3 is 1. The molecule has 6 heteroatoms. The highest BCUT2D eigenvalue weighted by atomic mass is 79.9. The summed E-state index contributed by atoms with van der Waals surface area (Å²) in [5, 5.41) is 5.21. The van der Waals surface area contributed by atoms with E-state index in [0.717, 1.165) is 10.0 Å². The molecular formula is C13H17BrN2O3. The smallest absolute Gasteiger partial charge is 0.252 e. The molecule has 0 aliphatic heterocycles. The number of carbonyl (C=O) groups excluding carboxylic acids is 2. The summed E-state index contributed by atoms with van der Waals surface area (Å²) in [6.45, 7) is 2.68. The lowest BCUT2D eigenvalue weighted by Gasteiger charge is -2.08. The summed E-state index contributed by atoms with van der Waals surface area (Å²) in [6.07, 6.45) is 0. The van der Waals surface area contributed by atoms with Gasteiger partial charge in [-0.1, -0.05) is 22.0 Å². The second-order valence-electron chi connectivity index (χ2n) is 3.98. The standard InChI is InChI=1S/C13H17BrN2O3/c1-9-3-4-10(14)7-11(9)13(18)16-8-12(17)15-5-6-19-2/h3-4,7H,5-6,8H2,1-2H3,(H,15,17)(H,16,18). The lowest BCUT2D eigenvalue weighted by Crippen LogP contribution is -2.38. The van der Waals surface area contributed by atoms with Gasteiger partial charge in [0.1, 0.15) is 0 Å². The second kappa shape index (κ2) is 7.91. The minimum atomic E-state index is -0.263. The molecule has 2 N–H and O–H groups in total. The number of hydrogen-bond donors (Lipinski definition) is 2. The zero-order valence-electron chi connectivity index (χ0n) is 11.0. The van der Waals surface area contributed by atoms with Crippen molar-refractivity contribution in [1.29, 1.82) is 0 Å². The van der Waals surface area contributed by atoms with E-state index < -0.39 is 0 Å². The van der Waals surface area contributed by atoms with Gasteiger partial charge in [-0.2, -0.15) is 0 Å². The lowest BCUT2D eigenvalue weighted by atomic mass is 10.1. The maximum atomic E-state index is 11.9. The Balaban J connectivity index is 2.47. The summed E-state index contributed by atoms with van der Waals surface area (Å²) in [6, 6.07) is 5.44. The highest BCUT2D eigenvalue weighted by Crippen LogP contribution is 2.15. The van der Waals surface area contributed by atoms with Gasteiger partial charge in [-0.25, -0.2) is 0 Å². The van der Waals surface area contributed by atoms with E-state index in [9.17, 15) is 9.59 Å². The summed E-state index contributed by atoms with van der Waals surface area (Å²) < 4.78 is 5.64. The van der Waals surface area contributed by atoms with Crippen LogP contribution in [-0.2, 0) is 9.53 Å². The summed E-state index contributed by atoms with van der Waals surface area (Å²) in [7, 11) is 1.56. The van der Waals surface area contributed by atoms with Crippen molar-refractivity contribution in [2.75, 3.05) is 26.8 Å². The van der Waals surface area contributed by atoms with Crippen molar-refractivity contribution < 1.29 is 14.3 Å². The molecule has 19 heavy (non-hydrogen) atoms. The molecule has 0 unspecified atom stereocenters. The number of benzene rings is 1. The summed E-state index contributed by atoms with van der Waals surface area (Å²) in [5.74, 6) is -0.501. The molecule has 1 aromatic carbocycles. The van der Waals surface area contributed by atoms with Crippen LogP contribution < -0.4 is 10.6 Å². The SMILES string of the molecule is COCCNC(=O)CNC(=O)c1cc(Br)ccc1C. The van der Waals surface area contributed by atoms with E-state index in [1.165, 1.54) is 0 Å². The number of carbonyl (C=O) groups is 2. The van der Waals surface area contributed by atoms with E-state index in [1.807, 2.05) is 19.1 Å². The van der Waals surface area contributed by atoms with Crippen LogP contribution in [0.3, 0.4) is 0 Å². The lowest BCUT2D eigenvalue weighted by molar-refractivity contribution is -0.120. The maximum Gasteiger partial charge on any atom is 0.252 e. The van der Waals surface area contributed by atoms with Crippen molar-refractivity contribution in [3.05, 3.63) is 33.8 Å². The van der Waals surface area contributed by atoms with Crippen LogP contribution in [0, 0.1) is 6.92 Å². The largest absolute Gasteiger partial charge is 0.383 e. The monoisotopic (exact) mass is 328 g/mol. The Kier molecular flexibility index (Phi) is 6.52. The molecule has 0 saturated heterocycles. The first-order chi connectivity index (χ1) is 9.04. The first-order valence-electron chi connectivity index (χ1n) is 5.84. The van der Waals surface area contributed by atoms with E-state index >= 15 is 0 Å². The number of halogens is 1. The van der Waals surface area contributed by atoms with Gasteiger partial charge < -0.3 is 15.4 Å². The first-order valence-corrected chi connectivity index (χ1v) is 6.64. The van der Waals surface area contributed by atoms with Gasteiger partial charge in [-0.15, -0.1) is 0 Å². The predicted molar refractivity (Wildman–Crippen MR) is 76.1 cm³/mol. The van der Waals surface area contributed by atoms with Crippen molar-refractivity contribution in [1.82, 2.24) is 10.6 Å². The fourth-order valence-electron chi connectivity index (χ4n) is 1.45. The third-order valence-corrected chi connectivity index (χ3v) is 2.98. The van der Waals surface area contributed by atoms with Crippen molar-refractivity contribution in [3.8, 4) is 0 Å². The number of amides is 2. The van der Waals surface area contributed by atoms with Crippen molar-refractivity contribution in [2.45, 2.75) is 6.92 Å². The van der Waals surface area contributed by atoms with Gasteiger partial charge in [0.15, 0.2) is 0 Å². The fraction of sp³-hybridized carbons (Fsp3) is 0.385. The molecule has 0 heterocycles. The van der Waals surface area contributed by atoms with Gasteiger partial charge >= 0.3 is 0 Å². The van der Waals surface area contributed by atoms with Crippen LogP contribution in [0.1, 0.15) is 15.9 Å². The number of nitrogens with one attached hydrogen (secondary N) is 2. The third kappa shape index (κ3) is 5.40. The van der Waals surface area contributed by atoms with Crippen molar-refractivity contribution >= 4 is 27.7 Å². The van der Waals surface area contributed by atoms with Crippen LogP contribution >= 0.6 is 15.9 Å². The molecule has 0 aliphatic carbocycles. The minimum absolute atomic E-state index is 0.0471. The molecule has 0 bridgehead atoms. The molecule has 1 aromatic rings. The fourth-order valence-corrected chi connectivity index (χ4v) is 1.81. The summed E-state index contributed by atoms with van der Waals surface area (Å²) >= 11 is 3.31. The molecule has 104 valence electrons. The van der Waals surface area contributed by atoms with Crippen molar-refractivity contribution in [3.63, 3.8) is 0 Å². The van der Waals surface area contributed by atoms with Gasteiger partial charge in [-0.3, -0.25) is 9.59 Å². The molecule has 0 radical (unpaired) electrons. The molecule has 2 amide bonds. The number of ether oxygens (including phenoxy) is 1. The predicted octanol–water partition coefficient (Wildman–Crippen LogP) is 1.25. The summed E-state index contributed by atoms with van der Waals surface area (Å²) in [5.41, 5.74) is 1.42. The van der Waals surface area contributed by atoms with Gasteiger partial charge in [0.25, 0.3) is 5.91 Å². The van der Waals surface area contributed by atoms with E-state index in [1.54, 1.807) is 13.2 Å². The minimum Gasteiger partial charge on any atom is -0.383 e. The number of hydrogen-bond acceptors (Lipinski definition) is 3. The molecule has 0 aliphatic rings. The Morgan fingerprint density at radius 3 is 2.74 bits per heavy atom. The van der Waals surface area contributed by atoms with Crippen LogP contribution in [0.4, 0.5) is 0 Å². The number of aryl methyl sites for hydroxylation is 1. The molecular weight excluding hydrogens is 312 g/mol. The van der Waals surface area contributed by atoms with Gasteiger partial charge in [0, 0.05) is 23.7 Å². The zero-order chi connectivity index (χ0) is 14.3. The molecule has 5 nitrogen and oxygen atoms in total. The van der Waals surface area contributed by atoms with Crippen LogP contribution in [0.25, 0.3) is 0 Å². The van der Waals surface area contributed by atoms with E-state index in [2.05, 4.69) is 26.6 Å². The maximum absolute atomic E-state index is 11.9. The Morgan fingerprint density at radius 2 is 2.05 bits per heavy atom. The Morgan fingerprint density at radius 1 is 1.32 bits per heavy atom. The average molecular weight is 329 g/mol. The highest BCUT2D eigenvalue weighted by Gasteiger charge is 2.10. The number of rotatable bonds is 6. The normalized spacial score (nSPS) is 10.1. The van der Waals surface area contributed by atoms with Crippen LogP contribution in [0.5, 0.6) is 0 Å². The molecule has 0 saturated carbocycles. The van der Waals surface area contributed by atoms with Gasteiger partial charge in [-0.05, 0) is 24.6 Å². The van der Waals surface area contributed by atoms with Crippen LogP contribution in [-0.4, -0.2) is 38.6 Å². The van der Waals surface area contributed by atoms with Gasteiger partial charge in [0.2, 0.25) is 5.91 Å². The van der Waals surface area contributed by atoms with E-state index in [0.29, 0.717) is 18.7 Å². The second-order valence-corrected chi connectivity index (χ2v) is 4.90. The Hall–Kier alpha value is -1.40. The Labute approximate surface area is 120 Å². The quantitative estimate of drug-likeness (QED) is 0.772. The highest BCUT2D eigenvalue weighted by molar-refractivity contribution is 9.10. The average Bonchev–Trinajstić information content (AvgIpc) is 2.39. The molecule has 1 rings (SSSR count). The van der Waals surface area contributed by atoms with Crippen LogP contribution in [0.2, 0.25) is 0 Å². The topological polar surface area (TPSA) is 67.4 Å².